The minimum Gasteiger partial charge on any atom is -0.351 e. The molecule has 3 heteroatoms. The highest BCUT2D eigenvalue weighted by Crippen LogP contribution is 2.35. The number of nitrogens with one attached hydrogen (secondary N) is 1. The molecule has 0 saturated heterocycles. The number of anilines is 1. The van der Waals surface area contributed by atoms with Gasteiger partial charge < -0.3 is 5.32 Å². The van der Waals surface area contributed by atoms with Crippen molar-refractivity contribution in [3.05, 3.63) is 17.5 Å². The molecule has 3 nitrogen and oxygen atoms in total. The van der Waals surface area contributed by atoms with Crippen LogP contribution < -0.4 is 5.32 Å². The minimum atomic E-state index is 0.451. The van der Waals surface area contributed by atoms with Crippen LogP contribution in [-0.4, -0.2) is 16.0 Å². The van der Waals surface area contributed by atoms with E-state index in [4.69, 9.17) is 0 Å². The van der Waals surface area contributed by atoms with E-state index in [1.807, 2.05) is 6.92 Å². The molecule has 1 N–H and O–H groups in total. The Balaban J connectivity index is 2.03. The summed E-state index contributed by atoms with van der Waals surface area (Å²) in [6.45, 7) is 11.1. The average Bonchev–Trinajstić information content (AvgIpc) is 2.31. The minimum absolute atomic E-state index is 0.451. The Bertz CT molecular complexity index is 428. The van der Waals surface area contributed by atoms with Crippen molar-refractivity contribution in [2.75, 3.05) is 5.32 Å². The fourth-order valence-corrected chi connectivity index (χ4v) is 2.68. The predicted molar refractivity (Wildman–Crippen MR) is 80.5 cm³/mol. The van der Waals surface area contributed by atoms with Gasteiger partial charge in [0, 0.05) is 17.4 Å². The van der Waals surface area contributed by atoms with E-state index in [1.165, 1.54) is 25.7 Å². The summed E-state index contributed by atoms with van der Waals surface area (Å²) < 4.78 is 0. The highest BCUT2D eigenvalue weighted by Gasteiger charge is 2.27. The molecule has 0 radical (unpaired) electrons. The lowest BCUT2D eigenvalue weighted by Gasteiger charge is -2.34. The summed E-state index contributed by atoms with van der Waals surface area (Å²) in [5, 5.41) is 3.53. The van der Waals surface area contributed by atoms with Crippen molar-refractivity contribution in [2.24, 2.45) is 5.41 Å². The number of aryl methyl sites for hydroxylation is 1. The van der Waals surface area contributed by atoms with Crippen LogP contribution in [0.2, 0.25) is 0 Å². The SMILES string of the molecule is Cc1cc(C(C)C)nc(NC2CCC(C)(C)CC2)n1. The zero-order valence-corrected chi connectivity index (χ0v) is 13.0. The first-order chi connectivity index (χ1) is 8.85. The van der Waals surface area contributed by atoms with Gasteiger partial charge in [-0.25, -0.2) is 9.97 Å². The average molecular weight is 261 g/mol. The Labute approximate surface area is 117 Å². The van der Waals surface area contributed by atoms with Crippen molar-refractivity contribution >= 4 is 5.95 Å². The molecule has 1 aliphatic rings. The van der Waals surface area contributed by atoms with E-state index < -0.39 is 0 Å². The highest BCUT2D eigenvalue weighted by atomic mass is 15.1. The van der Waals surface area contributed by atoms with Gasteiger partial charge in [-0.05, 0) is 50.0 Å². The van der Waals surface area contributed by atoms with Gasteiger partial charge in [-0.15, -0.1) is 0 Å². The number of hydrogen-bond donors (Lipinski definition) is 1. The van der Waals surface area contributed by atoms with Gasteiger partial charge in [0.15, 0.2) is 0 Å². The highest BCUT2D eigenvalue weighted by molar-refractivity contribution is 5.30. The van der Waals surface area contributed by atoms with Crippen molar-refractivity contribution in [1.29, 1.82) is 0 Å². The molecule has 0 aliphatic heterocycles. The molecular weight excluding hydrogens is 234 g/mol. The first kappa shape index (κ1) is 14.3. The van der Waals surface area contributed by atoms with Gasteiger partial charge in [-0.2, -0.15) is 0 Å². The van der Waals surface area contributed by atoms with Crippen LogP contribution >= 0.6 is 0 Å². The summed E-state index contributed by atoms with van der Waals surface area (Å²) >= 11 is 0. The van der Waals surface area contributed by atoms with Crippen LogP contribution in [0.25, 0.3) is 0 Å². The lowest BCUT2D eigenvalue weighted by molar-refractivity contribution is 0.232. The number of hydrogen-bond acceptors (Lipinski definition) is 3. The standard InChI is InChI=1S/C16H27N3/c1-11(2)14-10-12(3)17-15(19-14)18-13-6-8-16(4,5)9-7-13/h10-11,13H,6-9H2,1-5H3,(H,17,18,19). The summed E-state index contributed by atoms with van der Waals surface area (Å²) in [5.74, 6) is 1.26. The Morgan fingerprint density at radius 3 is 2.42 bits per heavy atom. The lowest BCUT2D eigenvalue weighted by Crippen LogP contribution is -2.30. The second kappa shape index (κ2) is 5.48. The lowest BCUT2D eigenvalue weighted by atomic mass is 9.76. The smallest absolute Gasteiger partial charge is 0.223 e. The van der Waals surface area contributed by atoms with Crippen LogP contribution in [0.5, 0.6) is 0 Å². The Morgan fingerprint density at radius 2 is 1.84 bits per heavy atom. The molecule has 0 aromatic carbocycles. The van der Waals surface area contributed by atoms with E-state index >= 15 is 0 Å². The Hall–Kier alpha value is -1.12. The van der Waals surface area contributed by atoms with Gasteiger partial charge in [-0.3, -0.25) is 0 Å². The third kappa shape index (κ3) is 3.92. The van der Waals surface area contributed by atoms with Crippen molar-refractivity contribution in [3.8, 4) is 0 Å². The molecule has 19 heavy (non-hydrogen) atoms. The Kier molecular flexibility index (Phi) is 4.12. The normalized spacial score (nSPS) is 19.7. The summed E-state index contributed by atoms with van der Waals surface area (Å²) in [7, 11) is 0. The molecule has 0 amide bonds. The molecule has 0 atom stereocenters. The third-order valence-corrected chi connectivity index (χ3v) is 4.14. The quantitative estimate of drug-likeness (QED) is 0.882. The van der Waals surface area contributed by atoms with E-state index in [0.717, 1.165) is 17.3 Å². The van der Waals surface area contributed by atoms with Crippen molar-refractivity contribution in [2.45, 2.75) is 72.3 Å². The fraction of sp³-hybridized carbons (Fsp3) is 0.750. The van der Waals surface area contributed by atoms with Gasteiger partial charge in [0.05, 0.1) is 0 Å². The largest absolute Gasteiger partial charge is 0.351 e. The van der Waals surface area contributed by atoms with Gasteiger partial charge in [0.1, 0.15) is 0 Å². The number of nitrogens with zero attached hydrogens (tertiary/aromatic N) is 2. The second-order valence-electron chi connectivity index (χ2n) is 7.00. The van der Waals surface area contributed by atoms with Crippen LogP contribution in [0.1, 0.15) is 70.7 Å². The first-order valence-electron chi connectivity index (χ1n) is 7.48. The van der Waals surface area contributed by atoms with Crippen LogP contribution in [0.3, 0.4) is 0 Å². The van der Waals surface area contributed by atoms with Crippen molar-refractivity contribution < 1.29 is 0 Å². The summed E-state index contributed by atoms with van der Waals surface area (Å²) in [5.41, 5.74) is 2.69. The molecule has 2 rings (SSSR count). The molecule has 0 bridgehead atoms. The molecule has 1 aromatic rings. The molecule has 1 aromatic heterocycles. The molecule has 0 spiro atoms. The van der Waals surface area contributed by atoms with Crippen LogP contribution in [0.15, 0.2) is 6.07 Å². The molecule has 1 saturated carbocycles. The van der Waals surface area contributed by atoms with E-state index in [9.17, 15) is 0 Å². The van der Waals surface area contributed by atoms with Crippen molar-refractivity contribution in [1.82, 2.24) is 9.97 Å². The fourth-order valence-electron chi connectivity index (χ4n) is 2.68. The van der Waals surface area contributed by atoms with Crippen molar-refractivity contribution in [3.63, 3.8) is 0 Å². The van der Waals surface area contributed by atoms with Gasteiger partial charge in [0.2, 0.25) is 5.95 Å². The monoisotopic (exact) mass is 261 g/mol. The predicted octanol–water partition coefficient (Wildman–Crippen LogP) is 4.29. The van der Waals surface area contributed by atoms with Crippen LogP contribution in [-0.2, 0) is 0 Å². The zero-order chi connectivity index (χ0) is 14.0. The van der Waals surface area contributed by atoms with Gasteiger partial charge in [-0.1, -0.05) is 27.7 Å². The summed E-state index contributed by atoms with van der Waals surface area (Å²) in [6, 6.07) is 2.62. The molecule has 1 heterocycles. The van der Waals surface area contributed by atoms with E-state index in [2.05, 4.69) is 49.0 Å². The summed E-state index contributed by atoms with van der Waals surface area (Å²) in [6.07, 6.45) is 5.02. The molecule has 1 fully saturated rings. The maximum atomic E-state index is 4.64. The van der Waals surface area contributed by atoms with E-state index in [-0.39, 0.29) is 0 Å². The van der Waals surface area contributed by atoms with E-state index in [1.54, 1.807) is 0 Å². The molecule has 0 unspecified atom stereocenters. The van der Waals surface area contributed by atoms with Gasteiger partial charge in [0.25, 0.3) is 0 Å². The molecule has 1 aliphatic carbocycles. The molecule has 106 valence electrons. The Morgan fingerprint density at radius 1 is 1.21 bits per heavy atom. The van der Waals surface area contributed by atoms with Gasteiger partial charge >= 0.3 is 0 Å². The first-order valence-corrected chi connectivity index (χ1v) is 7.48. The van der Waals surface area contributed by atoms with E-state index in [0.29, 0.717) is 17.4 Å². The van der Waals surface area contributed by atoms with Crippen LogP contribution in [0.4, 0.5) is 5.95 Å². The maximum absolute atomic E-state index is 4.64. The maximum Gasteiger partial charge on any atom is 0.223 e. The molecular formula is C16H27N3. The van der Waals surface area contributed by atoms with Crippen LogP contribution in [0, 0.1) is 12.3 Å². The number of rotatable bonds is 3. The summed E-state index contributed by atoms with van der Waals surface area (Å²) in [4.78, 5) is 9.17. The topological polar surface area (TPSA) is 37.8 Å². The third-order valence-electron chi connectivity index (χ3n) is 4.14. The number of aromatic nitrogens is 2. The second-order valence-corrected chi connectivity index (χ2v) is 7.00. The zero-order valence-electron chi connectivity index (χ0n) is 13.0.